The third kappa shape index (κ3) is 10.7. The van der Waals surface area contributed by atoms with E-state index in [1.807, 2.05) is 0 Å². The second-order valence-corrected chi connectivity index (χ2v) is 11.5. The number of hydroxylamine groups is 2. The number of rotatable bonds is 7. The summed E-state index contributed by atoms with van der Waals surface area (Å²) < 4.78 is 60.6. The summed E-state index contributed by atoms with van der Waals surface area (Å²) in [6, 6.07) is 11.6. The molecule has 2 aromatic carbocycles. The molecule has 3 rings (SSSR count). The van der Waals surface area contributed by atoms with E-state index in [0.717, 1.165) is 22.8 Å². The van der Waals surface area contributed by atoms with E-state index in [1.165, 1.54) is 12.1 Å². The van der Waals surface area contributed by atoms with E-state index in [-0.39, 0.29) is 19.0 Å². The quantitative estimate of drug-likeness (QED) is 0.196. The first-order valence-electron chi connectivity index (χ1n) is 13.3. The standard InChI is InChI=1S/C31H35F3N2O7/c1-20-25(35-26(40-20)22-13-15-23(16-14-22)31(32,33)34)19-39-24-12-8-10-21(18-24)11-9-17-36(27(37)41-29(2,3)4)43-28(38)42-30(5,6)7/h8-16,18H,17,19H2,1-7H3/b11-9+. The number of halogens is 3. The van der Waals surface area contributed by atoms with Gasteiger partial charge in [0, 0.05) is 5.56 Å². The van der Waals surface area contributed by atoms with Gasteiger partial charge in [0.15, 0.2) is 0 Å². The Hall–Kier alpha value is -4.48. The molecule has 0 bridgehead atoms. The highest BCUT2D eigenvalue weighted by Crippen LogP contribution is 2.31. The van der Waals surface area contributed by atoms with Gasteiger partial charge in [0.1, 0.15) is 35.0 Å². The van der Waals surface area contributed by atoms with Gasteiger partial charge in [-0.2, -0.15) is 13.2 Å². The van der Waals surface area contributed by atoms with E-state index < -0.39 is 35.2 Å². The number of benzene rings is 2. The molecule has 0 saturated heterocycles. The second kappa shape index (κ2) is 13.2. The first-order chi connectivity index (χ1) is 19.9. The normalized spacial score (nSPS) is 12.2. The predicted molar refractivity (Wildman–Crippen MR) is 152 cm³/mol. The summed E-state index contributed by atoms with van der Waals surface area (Å²) in [7, 11) is 0. The van der Waals surface area contributed by atoms with Crippen molar-refractivity contribution in [1.29, 1.82) is 0 Å². The van der Waals surface area contributed by atoms with E-state index in [1.54, 1.807) is 84.9 Å². The highest BCUT2D eigenvalue weighted by Gasteiger charge is 2.30. The maximum atomic E-state index is 12.9. The molecule has 0 aliphatic carbocycles. The van der Waals surface area contributed by atoms with Crippen LogP contribution in [0.5, 0.6) is 5.75 Å². The van der Waals surface area contributed by atoms with Crippen LogP contribution in [0.25, 0.3) is 17.5 Å². The largest absolute Gasteiger partial charge is 0.534 e. The van der Waals surface area contributed by atoms with Crippen LogP contribution >= 0.6 is 0 Å². The van der Waals surface area contributed by atoms with Crippen LogP contribution in [0.4, 0.5) is 22.8 Å². The maximum Gasteiger partial charge on any atom is 0.534 e. The van der Waals surface area contributed by atoms with Gasteiger partial charge in [0.25, 0.3) is 0 Å². The lowest BCUT2D eigenvalue weighted by atomic mass is 10.1. The minimum Gasteiger partial charge on any atom is -0.487 e. The second-order valence-electron chi connectivity index (χ2n) is 11.5. The molecule has 0 aliphatic heterocycles. The average molecular weight is 605 g/mol. The molecule has 0 atom stereocenters. The van der Waals surface area contributed by atoms with Gasteiger partial charge in [-0.1, -0.05) is 24.3 Å². The molecule has 0 N–H and O–H groups in total. The number of nitrogens with zero attached hydrogens (tertiary/aromatic N) is 2. The molecule has 232 valence electrons. The third-order valence-electron chi connectivity index (χ3n) is 5.34. The fourth-order valence-corrected chi connectivity index (χ4v) is 3.45. The first-order valence-corrected chi connectivity index (χ1v) is 13.3. The van der Waals surface area contributed by atoms with E-state index in [2.05, 4.69) is 4.98 Å². The number of oxazole rings is 1. The van der Waals surface area contributed by atoms with Gasteiger partial charge in [-0.15, -0.1) is 5.06 Å². The summed E-state index contributed by atoms with van der Waals surface area (Å²) in [6.45, 7) is 11.7. The Morgan fingerprint density at radius 2 is 1.60 bits per heavy atom. The van der Waals surface area contributed by atoms with Crippen molar-refractivity contribution < 1.29 is 46.2 Å². The topological polar surface area (TPSA) is 100 Å². The molecule has 0 fully saturated rings. The number of hydrogen-bond donors (Lipinski definition) is 0. The molecule has 0 unspecified atom stereocenters. The molecule has 43 heavy (non-hydrogen) atoms. The summed E-state index contributed by atoms with van der Waals surface area (Å²) in [4.78, 5) is 34.3. The van der Waals surface area contributed by atoms with Crippen molar-refractivity contribution in [2.75, 3.05) is 6.54 Å². The molecule has 0 saturated carbocycles. The van der Waals surface area contributed by atoms with E-state index in [4.69, 9.17) is 23.5 Å². The smallest absolute Gasteiger partial charge is 0.487 e. The minimum absolute atomic E-state index is 0.0548. The van der Waals surface area contributed by atoms with Crippen LogP contribution in [0, 0.1) is 6.92 Å². The molecular formula is C31H35F3N2O7. The molecule has 0 spiro atoms. The number of ether oxygens (including phenoxy) is 3. The van der Waals surface area contributed by atoms with Crippen molar-refractivity contribution in [2.24, 2.45) is 0 Å². The zero-order valence-corrected chi connectivity index (χ0v) is 25.1. The van der Waals surface area contributed by atoms with Crippen LogP contribution in [0.15, 0.2) is 59.0 Å². The Labute approximate surface area is 248 Å². The van der Waals surface area contributed by atoms with Crippen LogP contribution in [-0.4, -0.2) is 40.0 Å². The van der Waals surface area contributed by atoms with Crippen molar-refractivity contribution >= 4 is 18.3 Å². The van der Waals surface area contributed by atoms with E-state index in [9.17, 15) is 22.8 Å². The summed E-state index contributed by atoms with van der Waals surface area (Å²) in [5.41, 5.74) is -0.774. The van der Waals surface area contributed by atoms with Gasteiger partial charge < -0.3 is 18.6 Å². The van der Waals surface area contributed by atoms with Gasteiger partial charge in [-0.3, -0.25) is 4.84 Å². The van der Waals surface area contributed by atoms with Crippen molar-refractivity contribution in [1.82, 2.24) is 10.0 Å². The van der Waals surface area contributed by atoms with Crippen LogP contribution in [-0.2, 0) is 27.1 Å². The monoisotopic (exact) mass is 604 g/mol. The zero-order valence-electron chi connectivity index (χ0n) is 25.1. The Balaban J connectivity index is 1.65. The van der Waals surface area contributed by atoms with Crippen LogP contribution in [0.1, 0.15) is 64.1 Å². The van der Waals surface area contributed by atoms with Gasteiger partial charge >= 0.3 is 18.4 Å². The Kier molecular flexibility index (Phi) is 10.2. The van der Waals surface area contributed by atoms with Crippen molar-refractivity contribution in [3.8, 4) is 17.2 Å². The number of carbonyl (C=O) groups excluding carboxylic acids is 2. The minimum atomic E-state index is -4.43. The van der Waals surface area contributed by atoms with Crippen LogP contribution < -0.4 is 4.74 Å². The highest BCUT2D eigenvalue weighted by atomic mass is 19.4. The highest BCUT2D eigenvalue weighted by molar-refractivity contribution is 5.70. The Morgan fingerprint density at radius 1 is 0.953 bits per heavy atom. The molecular weight excluding hydrogens is 569 g/mol. The molecule has 1 aromatic heterocycles. The SMILES string of the molecule is Cc1oc(-c2ccc(C(F)(F)F)cc2)nc1COc1cccc(/C=C/CN(OC(=O)OC(C)(C)C)C(=O)OC(C)(C)C)c1. The average Bonchev–Trinajstić information content (AvgIpc) is 3.25. The zero-order chi connectivity index (χ0) is 32.0. The molecule has 9 nitrogen and oxygen atoms in total. The lowest BCUT2D eigenvalue weighted by Gasteiger charge is -2.26. The number of amides is 1. The first kappa shape index (κ1) is 33.0. The third-order valence-corrected chi connectivity index (χ3v) is 5.34. The predicted octanol–water partition coefficient (Wildman–Crippen LogP) is 8.36. The van der Waals surface area contributed by atoms with Crippen LogP contribution in [0.3, 0.4) is 0 Å². The number of aryl methyl sites for hydroxylation is 1. The van der Waals surface area contributed by atoms with Crippen molar-refractivity contribution in [3.63, 3.8) is 0 Å². The van der Waals surface area contributed by atoms with Crippen molar-refractivity contribution in [3.05, 3.63) is 77.2 Å². The summed E-state index contributed by atoms with van der Waals surface area (Å²) >= 11 is 0. The maximum absolute atomic E-state index is 12.9. The van der Waals surface area contributed by atoms with E-state index in [0.29, 0.717) is 22.8 Å². The number of carbonyl (C=O) groups is 2. The van der Waals surface area contributed by atoms with Gasteiger partial charge in [-0.05, 0) is 90.4 Å². The van der Waals surface area contributed by atoms with E-state index >= 15 is 0 Å². The van der Waals surface area contributed by atoms with Gasteiger partial charge in [0.05, 0.1) is 12.1 Å². The van der Waals surface area contributed by atoms with Gasteiger partial charge in [0.2, 0.25) is 5.89 Å². The molecule has 0 radical (unpaired) electrons. The number of aromatic nitrogens is 1. The molecule has 1 heterocycles. The Morgan fingerprint density at radius 3 is 2.21 bits per heavy atom. The Bertz CT molecular complexity index is 1430. The molecule has 0 aliphatic rings. The number of hydrogen-bond acceptors (Lipinski definition) is 8. The summed E-state index contributed by atoms with van der Waals surface area (Å²) in [5, 5.41) is 0.762. The fraction of sp³-hybridized carbons (Fsp3) is 0.387. The summed E-state index contributed by atoms with van der Waals surface area (Å²) in [5.74, 6) is 1.16. The molecule has 3 aromatic rings. The lowest BCUT2D eigenvalue weighted by Crippen LogP contribution is -2.39. The molecule has 1 amide bonds. The lowest BCUT2D eigenvalue weighted by molar-refractivity contribution is -0.137. The fourth-order valence-electron chi connectivity index (χ4n) is 3.45. The summed E-state index contributed by atoms with van der Waals surface area (Å²) in [6.07, 6.45) is -3.04. The van der Waals surface area contributed by atoms with Crippen molar-refractivity contribution in [2.45, 2.75) is 72.5 Å². The van der Waals surface area contributed by atoms with Gasteiger partial charge in [-0.25, -0.2) is 14.6 Å². The van der Waals surface area contributed by atoms with Crippen LogP contribution in [0.2, 0.25) is 0 Å². The number of alkyl halides is 3. The molecule has 12 heteroatoms.